The van der Waals surface area contributed by atoms with Crippen molar-refractivity contribution in [1.29, 1.82) is 0 Å². The molecule has 0 spiro atoms. The van der Waals surface area contributed by atoms with Crippen LogP contribution in [0.5, 0.6) is 0 Å². The predicted octanol–water partition coefficient (Wildman–Crippen LogP) is 1.90. The number of aromatic nitrogens is 1. The van der Waals surface area contributed by atoms with Gasteiger partial charge in [-0.3, -0.25) is 0 Å². The summed E-state index contributed by atoms with van der Waals surface area (Å²) in [5, 5.41) is 7.00. The van der Waals surface area contributed by atoms with Gasteiger partial charge < -0.3 is 20.2 Å². The van der Waals surface area contributed by atoms with Crippen LogP contribution < -0.4 is 10.6 Å². The van der Waals surface area contributed by atoms with Gasteiger partial charge in [-0.05, 0) is 56.1 Å². The Morgan fingerprint density at radius 2 is 2.38 bits per heavy atom. The zero-order chi connectivity index (χ0) is 14.8. The first-order valence-electron chi connectivity index (χ1n) is 7.29. The van der Waals surface area contributed by atoms with Crippen molar-refractivity contribution in [3.8, 4) is 0 Å². The number of aromatic amines is 1. The van der Waals surface area contributed by atoms with E-state index in [2.05, 4.69) is 21.8 Å². The topological polar surface area (TPSA) is 77.2 Å². The normalized spacial score (nSPS) is 21.7. The van der Waals surface area contributed by atoms with Gasteiger partial charge in [0.25, 0.3) is 0 Å². The standard InChI is InChI=1S/C15H21N3O2S/c1-16-15(21(19)20)10-4-5-14-13(8-10)11(9-18-14)7-12-3-2-6-17-12/h4-5,8-9,12,15-18H,2-3,6-7H2,1H3,(H,19,20)/t12-,15-/m1/s1. The Morgan fingerprint density at radius 3 is 3.05 bits per heavy atom. The van der Waals surface area contributed by atoms with Crippen LogP contribution in [0, 0.1) is 0 Å². The van der Waals surface area contributed by atoms with E-state index in [0.29, 0.717) is 6.04 Å². The van der Waals surface area contributed by atoms with Crippen molar-refractivity contribution in [1.82, 2.24) is 15.6 Å². The van der Waals surface area contributed by atoms with E-state index in [4.69, 9.17) is 0 Å². The average Bonchev–Trinajstić information content (AvgIpc) is 3.10. The van der Waals surface area contributed by atoms with Gasteiger partial charge in [-0.25, -0.2) is 4.21 Å². The van der Waals surface area contributed by atoms with Crippen LogP contribution in [-0.4, -0.2) is 33.4 Å². The molecule has 4 N–H and O–H groups in total. The number of rotatable bonds is 5. The van der Waals surface area contributed by atoms with E-state index in [1.807, 2.05) is 18.2 Å². The highest BCUT2D eigenvalue weighted by Gasteiger charge is 2.19. The summed E-state index contributed by atoms with van der Waals surface area (Å²) in [7, 11) is 1.70. The van der Waals surface area contributed by atoms with Crippen molar-refractivity contribution in [2.24, 2.45) is 0 Å². The third-order valence-electron chi connectivity index (χ3n) is 4.19. The SMILES string of the molecule is CN[C@@H](c1ccc2[nH]cc(C[C@H]3CCCN3)c2c1)S(=O)O. The Hall–Kier alpha value is -1.21. The summed E-state index contributed by atoms with van der Waals surface area (Å²) in [4.78, 5) is 3.29. The van der Waals surface area contributed by atoms with Gasteiger partial charge in [0.2, 0.25) is 0 Å². The average molecular weight is 307 g/mol. The second kappa shape index (κ2) is 6.27. The molecule has 0 amide bonds. The molecule has 0 radical (unpaired) electrons. The molecule has 2 aromatic rings. The first kappa shape index (κ1) is 14.7. The Balaban J connectivity index is 1.93. The molecule has 1 fully saturated rings. The molecule has 1 aromatic heterocycles. The second-order valence-corrected chi connectivity index (χ2v) is 6.58. The van der Waals surface area contributed by atoms with Gasteiger partial charge in [0.1, 0.15) is 5.37 Å². The van der Waals surface area contributed by atoms with E-state index in [-0.39, 0.29) is 0 Å². The van der Waals surface area contributed by atoms with Gasteiger partial charge in [-0.15, -0.1) is 0 Å². The summed E-state index contributed by atoms with van der Waals surface area (Å²) in [6, 6.07) is 6.43. The fraction of sp³-hybridized carbons (Fsp3) is 0.467. The molecule has 21 heavy (non-hydrogen) atoms. The van der Waals surface area contributed by atoms with Gasteiger partial charge in [-0.2, -0.15) is 0 Å². The number of H-pyrrole nitrogens is 1. The van der Waals surface area contributed by atoms with Crippen molar-refractivity contribution in [2.75, 3.05) is 13.6 Å². The first-order valence-corrected chi connectivity index (χ1v) is 8.46. The van der Waals surface area contributed by atoms with Crippen molar-refractivity contribution >= 4 is 22.0 Å². The number of nitrogens with one attached hydrogen (secondary N) is 3. The molecule has 0 bridgehead atoms. The summed E-state index contributed by atoms with van der Waals surface area (Å²) in [5.41, 5.74) is 3.18. The molecule has 0 aliphatic carbocycles. The van der Waals surface area contributed by atoms with Crippen LogP contribution in [0.4, 0.5) is 0 Å². The van der Waals surface area contributed by atoms with Gasteiger partial charge >= 0.3 is 0 Å². The molecule has 5 nitrogen and oxygen atoms in total. The number of fused-ring (bicyclic) bond motifs is 1. The van der Waals surface area contributed by atoms with Gasteiger partial charge in [0.15, 0.2) is 11.1 Å². The minimum atomic E-state index is -1.93. The monoisotopic (exact) mass is 307 g/mol. The molecule has 2 heterocycles. The molecule has 1 aliphatic heterocycles. The second-order valence-electron chi connectivity index (χ2n) is 5.56. The van der Waals surface area contributed by atoms with Crippen LogP contribution in [0.15, 0.2) is 24.4 Å². The lowest BCUT2D eigenvalue weighted by atomic mass is 10.0. The number of hydrogen-bond acceptors (Lipinski definition) is 3. The van der Waals surface area contributed by atoms with Crippen molar-refractivity contribution in [3.63, 3.8) is 0 Å². The molecule has 1 saturated heterocycles. The fourth-order valence-corrected chi connectivity index (χ4v) is 3.69. The lowest BCUT2D eigenvalue weighted by Gasteiger charge is -2.13. The van der Waals surface area contributed by atoms with E-state index in [1.165, 1.54) is 18.4 Å². The molecule has 3 atom stereocenters. The summed E-state index contributed by atoms with van der Waals surface area (Å²) in [6.07, 6.45) is 5.50. The van der Waals surface area contributed by atoms with Crippen LogP contribution in [0.1, 0.15) is 29.3 Å². The maximum atomic E-state index is 11.4. The molecule has 1 unspecified atom stereocenters. The lowest BCUT2D eigenvalue weighted by molar-refractivity contribution is 0.538. The van der Waals surface area contributed by atoms with E-state index in [1.54, 1.807) is 7.05 Å². The third-order valence-corrected chi connectivity index (χ3v) is 5.10. The summed E-state index contributed by atoms with van der Waals surface area (Å²) in [6.45, 7) is 1.10. The zero-order valence-corrected chi connectivity index (χ0v) is 12.9. The lowest BCUT2D eigenvalue weighted by Crippen LogP contribution is -2.23. The molecule has 3 rings (SSSR count). The van der Waals surface area contributed by atoms with Crippen LogP contribution in [-0.2, 0) is 17.5 Å². The Bertz CT molecular complexity index is 649. The van der Waals surface area contributed by atoms with Crippen LogP contribution >= 0.6 is 0 Å². The van der Waals surface area contributed by atoms with E-state index in [0.717, 1.165) is 29.4 Å². The summed E-state index contributed by atoms with van der Waals surface area (Å²) in [5.74, 6) is 0. The van der Waals surface area contributed by atoms with Crippen molar-refractivity contribution in [2.45, 2.75) is 30.7 Å². The van der Waals surface area contributed by atoms with E-state index < -0.39 is 16.5 Å². The zero-order valence-electron chi connectivity index (χ0n) is 12.1. The minimum absolute atomic E-state index is 0.541. The van der Waals surface area contributed by atoms with Gasteiger partial charge in [-0.1, -0.05) is 6.07 Å². The van der Waals surface area contributed by atoms with Gasteiger partial charge in [0.05, 0.1) is 0 Å². The fourth-order valence-electron chi connectivity index (χ4n) is 3.11. The molecule has 6 heteroatoms. The molecule has 1 aromatic carbocycles. The first-order chi connectivity index (χ1) is 10.2. The number of hydrogen-bond donors (Lipinski definition) is 4. The smallest absolute Gasteiger partial charge is 0.175 e. The summed E-state index contributed by atoms with van der Waals surface area (Å²) >= 11 is -1.93. The van der Waals surface area contributed by atoms with E-state index >= 15 is 0 Å². The highest BCUT2D eigenvalue weighted by atomic mass is 32.2. The highest BCUT2D eigenvalue weighted by Crippen LogP contribution is 2.26. The van der Waals surface area contributed by atoms with E-state index in [9.17, 15) is 8.76 Å². The van der Waals surface area contributed by atoms with Crippen molar-refractivity contribution < 1.29 is 8.76 Å². The van der Waals surface area contributed by atoms with Gasteiger partial charge in [0, 0.05) is 23.1 Å². The molecule has 0 saturated carbocycles. The minimum Gasteiger partial charge on any atom is -0.361 e. The highest BCUT2D eigenvalue weighted by molar-refractivity contribution is 7.79. The predicted molar refractivity (Wildman–Crippen MR) is 85.6 cm³/mol. The molecule has 114 valence electrons. The van der Waals surface area contributed by atoms with Crippen molar-refractivity contribution in [3.05, 3.63) is 35.5 Å². The maximum absolute atomic E-state index is 11.4. The quantitative estimate of drug-likeness (QED) is 0.636. The Morgan fingerprint density at radius 1 is 1.52 bits per heavy atom. The largest absolute Gasteiger partial charge is 0.361 e. The Kier molecular flexibility index (Phi) is 4.40. The number of benzene rings is 1. The molecular formula is C15H21N3O2S. The summed E-state index contributed by atoms with van der Waals surface area (Å²) < 4.78 is 20.8. The van der Waals surface area contributed by atoms with Crippen LogP contribution in [0.3, 0.4) is 0 Å². The molecular weight excluding hydrogens is 286 g/mol. The maximum Gasteiger partial charge on any atom is 0.175 e. The van der Waals surface area contributed by atoms with Crippen LogP contribution in [0.2, 0.25) is 0 Å². The third kappa shape index (κ3) is 3.03. The molecule has 1 aliphatic rings. The van der Waals surface area contributed by atoms with Crippen LogP contribution in [0.25, 0.3) is 10.9 Å². The Labute approximate surface area is 126 Å².